The lowest BCUT2D eigenvalue weighted by Gasteiger charge is -2.17. The molecular formula is C21H21ClN2O. The van der Waals surface area contributed by atoms with Crippen LogP contribution in [-0.4, -0.2) is 9.55 Å². The maximum atomic E-state index is 6.26. The molecule has 0 aliphatic carbocycles. The highest BCUT2D eigenvalue weighted by atomic mass is 35.5. The normalized spacial score (nSPS) is 10.6. The highest BCUT2D eigenvalue weighted by molar-refractivity contribution is 6.30. The second-order valence-corrected chi connectivity index (χ2v) is 6.67. The van der Waals surface area contributed by atoms with Crippen molar-refractivity contribution in [1.29, 1.82) is 0 Å². The average Bonchev–Trinajstić information content (AvgIpc) is 3.09. The van der Waals surface area contributed by atoms with Crippen LogP contribution in [0.25, 0.3) is 5.70 Å². The van der Waals surface area contributed by atoms with E-state index in [-0.39, 0.29) is 0 Å². The van der Waals surface area contributed by atoms with Crippen molar-refractivity contribution in [2.24, 2.45) is 0 Å². The largest absolute Gasteiger partial charge is 0.488 e. The van der Waals surface area contributed by atoms with Crippen molar-refractivity contribution < 1.29 is 4.74 Å². The maximum Gasteiger partial charge on any atom is 0.129 e. The number of halogens is 1. The Morgan fingerprint density at radius 1 is 1.12 bits per heavy atom. The molecular weight excluding hydrogens is 332 g/mol. The van der Waals surface area contributed by atoms with Gasteiger partial charge >= 0.3 is 0 Å². The Bertz CT molecular complexity index is 877. The molecule has 1 heterocycles. The summed E-state index contributed by atoms with van der Waals surface area (Å²) >= 11 is 6.26. The zero-order valence-electron chi connectivity index (χ0n) is 14.7. The average molecular weight is 353 g/mol. The van der Waals surface area contributed by atoms with Crippen LogP contribution in [0, 0.1) is 6.92 Å². The van der Waals surface area contributed by atoms with Crippen LogP contribution in [0.3, 0.4) is 0 Å². The van der Waals surface area contributed by atoms with Gasteiger partial charge in [-0.25, -0.2) is 4.98 Å². The molecule has 0 amide bonds. The molecule has 3 rings (SSSR count). The van der Waals surface area contributed by atoms with Crippen LogP contribution in [0.1, 0.15) is 30.5 Å². The molecule has 3 aromatic rings. The number of allylic oxidation sites excluding steroid dienone is 1. The van der Waals surface area contributed by atoms with Crippen LogP contribution in [0.5, 0.6) is 5.75 Å². The molecule has 0 aliphatic heterocycles. The molecule has 0 aliphatic rings. The van der Waals surface area contributed by atoms with Crippen LogP contribution in [0.15, 0.2) is 66.8 Å². The van der Waals surface area contributed by atoms with Crippen LogP contribution in [0.2, 0.25) is 5.02 Å². The molecule has 4 heteroatoms. The Hall–Kier alpha value is -2.52. The molecule has 128 valence electrons. The fourth-order valence-electron chi connectivity index (χ4n) is 2.72. The third-order valence-electron chi connectivity index (χ3n) is 3.95. The monoisotopic (exact) mass is 352 g/mol. The fraction of sp³-hybridized carbons (Fsp3) is 0.190. The van der Waals surface area contributed by atoms with E-state index in [2.05, 4.69) is 50.0 Å². The van der Waals surface area contributed by atoms with Crippen molar-refractivity contribution in [3.05, 3.63) is 88.5 Å². The standard InChI is InChI=1S/C21H21ClN2O/c1-15(2)21(24-11-10-23-14-24)19-12-18(22)8-9-20(19)25-13-17-6-4-16(3)5-7-17/h4-12,14H,13H2,1-3H3. The van der Waals surface area contributed by atoms with E-state index in [0.717, 1.165) is 28.1 Å². The maximum absolute atomic E-state index is 6.26. The molecule has 0 bridgehead atoms. The van der Waals surface area contributed by atoms with E-state index in [0.29, 0.717) is 11.6 Å². The molecule has 0 spiro atoms. The molecule has 25 heavy (non-hydrogen) atoms. The van der Waals surface area contributed by atoms with E-state index in [1.54, 1.807) is 12.5 Å². The third kappa shape index (κ3) is 4.12. The second kappa shape index (κ2) is 7.58. The van der Waals surface area contributed by atoms with Crippen LogP contribution >= 0.6 is 11.6 Å². The summed E-state index contributed by atoms with van der Waals surface area (Å²) in [5.41, 5.74) is 5.51. The number of aromatic nitrogens is 2. The number of imidazole rings is 1. The first-order valence-corrected chi connectivity index (χ1v) is 8.56. The quantitative estimate of drug-likeness (QED) is 0.587. The summed E-state index contributed by atoms with van der Waals surface area (Å²) in [5.74, 6) is 0.801. The van der Waals surface area contributed by atoms with Crippen LogP contribution < -0.4 is 4.74 Å². The van der Waals surface area contributed by atoms with Crippen molar-refractivity contribution in [2.45, 2.75) is 27.4 Å². The van der Waals surface area contributed by atoms with Gasteiger partial charge in [-0.05, 0) is 44.5 Å². The molecule has 0 atom stereocenters. The summed E-state index contributed by atoms with van der Waals surface area (Å²) in [6.45, 7) is 6.73. The van der Waals surface area contributed by atoms with Crippen LogP contribution in [0.4, 0.5) is 0 Å². The summed E-state index contributed by atoms with van der Waals surface area (Å²) < 4.78 is 8.11. The molecule has 0 radical (unpaired) electrons. The predicted molar refractivity (Wildman–Crippen MR) is 103 cm³/mol. The number of hydrogen-bond acceptors (Lipinski definition) is 2. The Morgan fingerprint density at radius 2 is 1.88 bits per heavy atom. The third-order valence-corrected chi connectivity index (χ3v) is 4.18. The van der Waals surface area contributed by atoms with Gasteiger partial charge < -0.3 is 9.30 Å². The molecule has 1 aromatic heterocycles. The fourth-order valence-corrected chi connectivity index (χ4v) is 2.89. The minimum Gasteiger partial charge on any atom is -0.488 e. The van der Waals surface area contributed by atoms with E-state index in [1.165, 1.54) is 5.56 Å². The van der Waals surface area contributed by atoms with Gasteiger partial charge in [-0.2, -0.15) is 0 Å². The van der Waals surface area contributed by atoms with Crippen molar-refractivity contribution in [2.75, 3.05) is 0 Å². The number of nitrogens with zero attached hydrogens (tertiary/aromatic N) is 2. The summed E-state index contributed by atoms with van der Waals surface area (Å²) in [7, 11) is 0. The number of aryl methyl sites for hydroxylation is 1. The summed E-state index contributed by atoms with van der Waals surface area (Å²) in [5, 5.41) is 0.677. The summed E-state index contributed by atoms with van der Waals surface area (Å²) in [6.07, 6.45) is 5.47. The van der Waals surface area contributed by atoms with Crippen LogP contribution in [-0.2, 0) is 6.61 Å². The molecule has 0 saturated heterocycles. The molecule has 0 N–H and O–H groups in total. The second-order valence-electron chi connectivity index (χ2n) is 6.23. The SMILES string of the molecule is CC(C)=C(c1cc(Cl)ccc1OCc1ccc(C)cc1)n1ccnc1. The molecule has 0 saturated carbocycles. The van der Waals surface area contributed by atoms with E-state index >= 15 is 0 Å². The van der Waals surface area contributed by atoms with Gasteiger partial charge in [0.2, 0.25) is 0 Å². The van der Waals surface area contributed by atoms with E-state index < -0.39 is 0 Å². The first-order valence-electron chi connectivity index (χ1n) is 8.18. The van der Waals surface area contributed by atoms with Crippen molar-refractivity contribution in [3.63, 3.8) is 0 Å². The van der Waals surface area contributed by atoms with Gasteiger partial charge in [-0.3, -0.25) is 0 Å². The van der Waals surface area contributed by atoms with E-state index in [9.17, 15) is 0 Å². The first-order chi connectivity index (χ1) is 12.0. The van der Waals surface area contributed by atoms with Gasteiger partial charge in [0.05, 0.1) is 12.0 Å². The number of hydrogen-bond donors (Lipinski definition) is 0. The number of benzene rings is 2. The van der Waals surface area contributed by atoms with E-state index in [1.807, 2.05) is 29.0 Å². The molecule has 3 nitrogen and oxygen atoms in total. The predicted octanol–water partition coefficient (Wildman–Crippen LogP) is 5.72. The first kappa shape index (κ1) is 17.3. The zero-order valence-corrected chi connectivity index (χ0v) is 15.4. The van der Waals surface area contributed by atoms with Crippen molar-refractivity contribution >= 4 is 17.3 Å². The lowest BCUT2D eigenvalue weighted by molar-refractivity contribution is 0.305. The van der Waals surface area contributed by atoms with Crippen molar-refractivity contribution in [3.8, 4) is 5.75 Å². The van der Waals surface area contributed by atoms with Gasteiger partial charge in [-0.1, -0.05) is 47.0 Å². The topological polar surface area (TPSA) is 27.1 Å². The lowest BCUT2D eigenvalue weighted by atomic mass is 10.1. The van der Waals surface area contributed by atoms with E-state index in [4.69, 9.17) is 16.3 Å². The Labute approximate surface area is 153 Å². The highest BCUT2D eigenvalue weighted by Gasteiger charge is 2.13. The summed E-state index contributed by atoms with van der Waals surface area (Å²) in [4.78, 5) is 4.16. The smallest absolute Gasteiger partial charge is 0.129 e. The number of rotatable bonds is 5. The lowest BCUT2D eigenvalue weighted by Crippen LogP contribution is -2.03. The van der Waals surface area contributed by atoms with Gasteiger partial charge in [0.1, 0.15) is 12.4 Å². The van der Waals surface area contributed by atoms with Gasteiger partial charge in [-0.15, -0.1) is 0 Å². The Balaban J connectivity index is 1.95. The van der Waals surface area contributed by atoms with Gasteiger partial charge in [0.25, 0.3) is 0 Å². The minimum absolute atomic E-state index is 0.509. The molecule has 0 fully saturated rings. The molecule has 2 aromatic carbocycles. The number of ether oxygens (including phenoxy) is 1. The summed E-state index contributed by atoms with van der Waals surface area (Å²) in [6, 6.07) is 14.1. The van der Waals surface area contributed by atoms with Gasteiger partial charge in [0.15, 0.2) is 0 Å². The molecule has 0 unspecified atom stereocenters. The zero-order chi connectivity index (χ0) is 17.8. The Morgan fingerprint density at radius 3 is 2.52 bits per heavy atom. The van der Waals surface area contributed by atoms with Crippen molar-refractivity contribution in [1.82, 2.24) is 9.55 Å². The van der Waals surface area contributed by atoms with Gasteiger partial charge in [0, 0.05) is 23.0 Å². The Kier molecular flexibility index (Phi) is 5.25. The minimum atomic E-state index is 0.509. The highest BCUT2D eigenvalue weighted by Crippen LogP contribution is 2.32.